The van der Waals surface area contributed by atoms with Gasteiger partial charge < -0.3 is 10.5 Å². The lowest BCUT2D eigenvalue weighted by Crippen LogP contribution is -2.15. The van der Waals surface area contributed by atoms with Crippen molar-refractivity contribution in [1.29, 1.82) is 0 Å². The summed E-state index contributed by atoms with van der Waals surface area (Å²) in [4.78, 5) is 0. The molecule has 0 aliphatic heterocycles. The summed E-state index contributed by atoms with van der Waals surface area (Å²) >= 11 is 0. The molecule has 0 fully saturated rings. The fraction of sp³-hybridized carbons (Fsp3) is 0.368. The summed E-state index contributed by atoms with van der Waals surface area (Å²) in [7, 11) is 0. The molecule has 0 aromatic heterocycles. The van der Waals surface area contributed by atoms with Gasteiger partial charge >= 0.3 is 0 Å². The molecule has 112 valence electrons. The van der Waals surface area contributed by atoms with Crippen molar-refractivity contribution in [2.75, 3.05) is 13.2 Å². The van der Waals surface area contributed by atoms with E-state index < -0.39 is 0 Å². The lowest BCUT2D eigenvalue weighted by molar-refractivity contribution is 0.340. The van der Waals surface area contributed by atoms with Gasteiger partial charge in [0.05, 0.1) is 6.61 Å². The highest BCUT2D eigenvalue weighted by atomic mass is 16.5. The van der Waals surface area contributed by atoms with Crippen molar-refractivity contribution in [1.82, 2.24) is 0 Å². The predicted octanol–water partition coefficient (Wildman–Crippen LogP) is 3.99. The Labute approximate surface area is 127 Å². The number of ether oxygens (including phenoxy) is 1. The molecular formula is C19H25NO. The summed E-state index contributed by atoms with van der Waals surface area (Å²) in [5.41, 5.74) is 11.3. The van der Waals surface area contributed by atoms with Crippen LogP contribution in [0.4, 0.5) is 0 Å². The van der Waals surface area contributed by atoms with Gasteiger partial charge in [0, 0.05) is 5.92 Å². The number of aryl methyl sites for hydroxylation is 2. The van der Waals surface area contributed by atoms with Gasteiger partial charge in [-0.05, 0) is 68.1 Å². The van der Waals surface area contributed by atoms with Crippen molar-refractivity contribution < 1.29 is 4.74 Å². The first-order chi connectivity index (χ1) is 10.1. The van der Waals surface area contributed by atoms with Gasteiger partial charge in [-0.1, -0.05) is 30.3 Å². The number of hydrogen-bond acceptors (Lipinski definition) is 2. The minimum absolute atomic E-state index is 0.348. The van der Waals surface area contributed by atoms with Crippen LogP contribution in [-0.2, 0) is 6.42 Å². The first kappa shape index (κ1) is 15.6. The standard InChI is InChI=1S/C19H25NO/c1-4-21-19-7-5-6-16(12-19)11-18(13-20)17-9-8-14(2)15(3)10-17/h5-10,12,18H,4,11,13,20H2,1-3H3. The molecule has 0 saturated carbocycles. The van der Waals surface area contributed by atoms with Crippen LogP contribution < -0.4 is 10.5 Å². The quantitative estimate of drug-likeness (QED) is 0.870. The molecule has 0 aliphatic carbocycles. The molecule has 2 heteroatoms. The maximum Gasteiger partial charge on any atom is 0.119 e. The number of hydrogen-bond donors (Lipinski definition) is 1. The Morgan fingerprint density at radius 1 is 1.05 bits per heavy atom. The van der Waals surface area contributed by atoms with Crippen LogP contribution in [0, 0.1) is 13.8 Å². The Balaban J connectivity index is 2.18. The van der Waals surface area contributed by atoms with Crippen molar-refractivity contribution in [3.05, 3.63) is 64.7 Å². The zero-order chi connectivity index (χ0) is 15.2. The monoisotopic (exact) mass is 283 g/mol. The van der Waals surface area contributed by atoms with Crippen LogP contribution in [0.2, 0.25) is 0 Å². The van der Waals surface area contributed by atoms with Gasteiger partial charge in [0.2, 0.25) is 0 Å². The minimum atomic E-state index is 0.348. The molecule has 0 heterocycles. The van der Waals surface area contributed by atoms with Gasteiger partial charge in [-0.3, -0.25) is 0 Å². The summed E-state index contributed by atoms with van der Waals surface area (Å²) in [6.07, 6.45) is 0.944. The van der Waals surface area contributed by atoms with Gasteiger partial charge in [-0.15, -0.1) is 0 Å². The van der Waals surface area contributed by atoms with E-state index in [-0.39, 0.29) is 0 Å². The van der Waals surface area contributed by atoms with E-state index in [4.69, 9.17) is 10.5 Å². The highest BCUT2D eigenvalue weighted by Gasteiger charge is 2.12. The summed E-state index contributed by atoms with van der Waals surface area (Å²) in [5, 5.41) is 0. The first-order valence-corrected chi connectivity index (χ1v) is 7.63. The van der Waals surface area contributed by atoms with Crippen LogP contribution >= 0.6 is 0 Å². The zero-order valence-corrected chi connectivity index (χ0v) is 13.2. The van der Waals surface area contributed by atoms with Gasteiger partial charge in [0.15, 0.2) is 0 Å². The van der Waals surface area contributed by atoms with Crippen LogP contribution in [0.15, 0.2) is 42.5 Å². The van der Waals surface area contributed by atoms with Crippen molar-refractivity contribution in [2.45, 2.75) is 33.1 Å². The molecule has 0 radical (unpaired) electrons. The molecule has 1 unspecified atom stereocenters. The predicted molar refractivity (Wildman–Crippen MR) is 89.0 cm³/mol. The van der Waals surface area contributed by atoms with Crippen molar-refractivity contribution >= 4 is 0 Å². The Kier molecular flexibility index (Phi) is 5.40. The van der Waals surface area contributed by atoms with Gasteiger partial charge in [-0.2, -0.15) is 0 Å². The van der Waals surface area contributed by atoms with E-state index in [0.29, 0.717) is 19.1 Å². The highest BCUT2D eigenvalue weighted by molar-refractivity contribution is 5.35. The fourth-order valence-corrected chi connectivity index (χ4v) is 2.57. The molecule has 0 aliphatic rings. The second-order valence-electron chi connectivity index (χ2n) is 5.56. The normalized spacial score (nSPS) is 12.2. The van der Waals surface area contributed by atoms with Crippen molar-refractivity contribution in [3.63, 3.8) is 0 Å². The molecule has 0 bridgehead atoms. The molecule has 21 heavy (non-hydrogen) atoms. The molecule has 2 aromatic rings. The molecule has 0 spiro atoms. The van der Waals surface area contributed by atoms with Crippen LogP contribution in [0.3, 0.4) is 0 Å². The third-order valence-electron chi connectivity index (χ3n) is 3.98. The largest absolute Gasteiger partial charge is 0.494 e. The lowest BCUT2D eigenvalue weighted by atomic mass is 9.90. The molecule has 0 saturated heterocycles. The average Bonchev–Trinajstić information content (AvgIpc) is 2.48. The highest BCUT2D eigenvalue weighted by Crippen LogP contribution is 2.24. The van der Waals surface area contributed by atoms with E-state index in [1.807, 2.05) is 19.1 Å². The first-order valence-electron chi connectivity index (χ1n) is 7.63. The van der Waals surface area contributed by atoms with Crippen molar-refractivity contribution in [3.8, 4) is 5.75 Å². The van der Waals surface area contributed by atoms with Gasteiger partial charge in [0.1, 0.15) is 5.75 Å². The second-order valence-corrected chi connectivity index (χ2v) is 5.56. The van der Waals surface area contributed by atoms with Crippen LogP contribution in [0.5, 0.6) is 5.75 Å². The fourth-order valence-electron chi connectivity index (χ4n) is 2.57. The summed E-state index contributed by atoms with van der Waals surface area (Å²) in [6, 6.07) is 15.0. The number of nitrogens with two attached hydrogens (primary N) is 1. The van der Waals surface area contributed by atoms with E-state index in [1.54, 1.807) is 0 Å². The second kappa shape index (κ2) is 7.28. The third-order valence-corrected chi connectivity index (χ3v) is 3.98. The molecule has 2 N–H and O–H groups in total. The summed E-state index contributed by atoms with van der Waals surface area (Å²) in [6.45, 7) is 7.65. The van der Waals surface area contributed by atoms with Crippen LogP contribution in [0.1, 0.15) is 35.1 Å². The smallest absolute Gasteiger partial charge is 0.119 e. The van der Waals surface area contributed by atoms with Gasteiger partial charge in [-0.25, -0.2) is 0 Å². The topological polar surface area (TPSA) is 35.2 Å². The molecule has 2 nitrogen and oxygen atoms in total. The third kappa shape index (κ3) is 4.08. The van der Waals surface area contributed by atoms with E-state index in [1.165, 1.54) is 22.3 Å². The Morgan fingerprint density at radius 2 is 1.86 bits per heavy atom. The SMILES string of the molecule is CCOc1cccc(CC(CN)c2ccc(C)c(C)c2)c1. The molecule has 1 atom stereocenters. The number of benzene rings is 2. The van der Waals surface area contributed by atoms with E-state index in [9.17, 15) is 0 Å². The van der Waals surface area contributed by atoms with E-state index in [0.717, 1.165) is 12.2 Å². The average molecular weight is 283 g/mol. The Morgan fingerprint density at radius 3 is 2.52 bits per heavy atom. The van der Waals surface area contributed by atoms with E-state index in [2.05, 4.69) is 44.2 Å². The maximum atomic E-state index is 6.01. The van der Waals surface area contributed by atoms with Gasteiger partial charge in [0.25, 0.3) is 0 Å². The molecular weight excluding hydrogens is 258 g/mol. The zero-order valence-electron chi connectivity index (χ0n) is 13.2. The van der Waals surface area contributed by atoms with Crippen molar-refractivity contribution in [2.24, 2.45) is 5.73 Å². The molecule has 2 rings (SSSR count). The number of rotatable bonds is 6. The summed E-state index contributed by atoms with van der Waals surface area (Å²) in [5.74, 6) is 1.28. The summed E-state index contributed by atoms with van der Waals surface area (Å²) < 4.78 is 5.57. The minimum Gasteiger partial charge on any atom is -0.494 e. The van der Waals surface area contributed by atoms with Crippen LogP contribution in [0.25, 0.3) is 0 Å². The Bertz CT molecular complexity index is 592. The molecule has 2 aromatic carbocycles. The Hall–Kier alpha value is -1.80. The maximum absolute atomic E-state index is 6.01. The van der Waals surface area contributed by atoms with E-state index >= 15 is 0 Å². The lowest BCUT2D eigenvalue weighted by Gasteiger charge is -2.17. The molecule has 0 amide bonds. The van der Waals surface area contributed by atoms with Crippen LogP contribution in [-0.4, -0.2) is 13.2 Å².